The molecule has 8 heteroatoms. The van der Waals surface area contributed by atoms with E-state index in [1.165, 1.54) is 24.3 Å². The van der Waals surface area contributed by atoms with E-state index in [-0.39, 0.29) is 58.8 Å². The number of benzene rings is 2. The summed E-state index contributed by atoms with van der Waals surface area (Å²) in [6, 6.07) is 12.1. The number of aromatic hydroxyl groups is 2. The molecule has 4 fully saturated rings. The van der Waals surface area contributed by atoms with Crippen LogP contribution in [0.4, 0.5) is 11.4 Å². The van der Waals surface area contributed by atoms with Crippen molar-refractivity contribution >= 4 is 35.0 Å². The van der Waals surface area contributed by atoms with Crippen LogP contribution in [-0.2, 0) is 19.2 Å². The van der Waals surface area contributed by atoms with Gasteiger partial charge in [0.2, 0.25) is 23.6 Å². The molecule has 2 aromatic carbocycles. The quantitative estimate of drug-likeness (QED) is 0.528. The molecule has 0 spiro atoms. The molecule has 2 aliphatic heterocycles. The van der Waals surface area contributed by atoms with Gasteiger partial charge >= 0.3 is 0 Å². The van der Waals surface area contributed by atoms with Crippen LogP contribution in [0, 0.1) is 47.3 Å². The highest BCUT2D eigenvalue weighted by atomic mass is 16.3. The SMILES string of the molecule is O=C1[C@@H]2[C@H]3C=C[C@@H]([C@@H]2C(=O)N1c1cccc(O)c1)[C@H]1[C@H]2C(=O)N(c4cccc(O)c4)C(=O)[C@@H]2[C@H]31. The predicted octanol–water partition coefficient (Wildman–Crippen LogP) is 2.07. The van der Waals surface area contributed by atoms with Gasteiger partial charge in [0.25, 0.3) is 0 Å². The van der Waals surface area contributed by atoms with Crippen LogP contribution < -0.4 is 9.80 Å². The van der Waals surface area contributed by atoms with Gasteiger partial charge in [0.05, 0.1) is 35.0 Å². The summed E-state index contributed by atoms with van der Waals surface area (Å²) in [5, 5.41) is 19.7. The molecule has 6 aliphatic rings. The van der Waals surface area contributed by atoms with Crippen LogP contribution >= 0.6 is 0 Å². The molecule has 2 saturated carbocycles. The van der Waals surface area contributed by atoms with Gasteiger partial charge in [-0.25, -0.2) is 9.80 Å². The van der Waals surface area contributed by atoms with Crippen LogP contribution in [0.1, 0.15) is 0 Å². The zero-order valence-electron chi connectivity index (χ0n) is 17.8. The zero-order valence-corrected chi connectivity index (χ0v) is 17.8. The van der Waals surface area contributed by atoms with Crippen LogP contribution in [0.25, 0.3) is 0 Å². The molecular formula is C26H20N2O6. The lowest BCUT2D eigenvalue weighted by molar-refractivity contribution is -0.166. The van der Waals surface area contributed by atoms with Gasteiger partial charge in [0.1, 0.15) is 11.5 Å². The number of nitrogens with zero attached hydrogens (tertiary/aromatic N) is 2. The average molecular weight is 456 g/mol. The molecule has 2 aromatic rings. The number of carbonyl (C=O) groups is 4. The molecule has 2 N–H and O–H groups in total. The lowest BCUT2D eigenvalue weighted by Gasteiger charge is -2.60. The molecular weight excluding hydrogens is 436 g/mol. The van der Waals surface area contributed by atoms with E-state index in [0.717, 1.165) is 9.80 Å². The highest BCUT2D eigenvalue weighted by Crippen LogP contribution is 2.68. The second-order valence-electron chi connectivity index (χ2n) is 9.86. The molecule has 4 amide bonds. The van der Waals surface area contributed by atoms with E-state index >= 15 is 0 Å². The van der Waals surface area contributed by atoms with E-state index in [1.54, 1.807) is 24.3 Å². The monoisotopic (exact) mass is 456 g/mol. The van der Waals surface area contributed by atoms with Gasteiger partial charge < -0.3 is 10.2 Å². The summed E-state index contributed by atoms with van der Waals surface area (Å²) in [4.78, 5) is 56.1. The van der Waals surface area contributed by atoms with Gasteiger partial charge in [-0.05, 0) is 47.9 Å². The second kappa shape index (κ2) is 6.34. The Hall–Kier alpha value is -3.94. The molecule has 4 aliphatic carbocycles. The normalized spacial score (nSPS) is 37.1. The van der Waals surface area contributed by atoms with Crippen LogP contribution in [0.5, 0.6) is 11.5 Å². The molecule has 2 saturated heterocycles. The van der Waals surface area contributed by atoms with E-state index in [4.69, 9.17) is 0 Å². The summed E-state index contributed by atoms with van der Waals surface area (Å²) >= 11 is 0. The molecule has 2 heterocycles. The fourth-order valence-corrected chi connectivity index (χ4v) is 7.37. The Kier molecular flexibility index (Phi) is 3.64. The minimum absolute atomic E-state index is 0.0331. The van der Waals surface area contributed by atoms with Gasteiger partial charge in [0, 0.05) is 12.1 Å². The van der Waals surface area contributed by atoms with Gasteiger partial charge in [-0.15, -0.1) is 0 Å². The minimum Gasteiger partial charge on any atom is -0.508 e. The lowest BCUT2D eigenvalue weighted by Crippen LogP contribution is -2.63. The fourth-order valence-electron chi connectivity index (χ4n) is 7.37. The van der Waals surface area contributed by atoms with E-state index in [9.17, 15) is 29.4 Å². The number of anilines is 2. The number of phenolic OH excluding ortho intramolecular Hbond substituents is 2. The summed E-state index contributed by atoms with van der Waals surface area (Å²) in [5.41, 5.74) is 0.669. The Morgan fingerprint density at radius 1 is 0.559 bits per heavy atom. The molecule has 8 nitrogen and oxygen atoms in total. The fraction of sp³-hybridized carbons (Fsp3) is 0.308. The third-order valence-corrected chi connectivity index (χ3v) is 8.52. The van der Waals surface area contributed by atoms with Crippen molar-refractivity contribution in [2.24, 2.45) is 47.3 Å². The maximum atomic E-state index is 13.5. The van der Waals surface area contributed by atoms with Gasteiger partial charge in [-0.2, -0.15) is 0 Å². The Labute approximate surface area is 194 Å². The Bertz CT molecular complexity index is 1290. The van der Waals surface area contributed by atoms with Crippen molar-refractivity contribution in [2.75, 3.05) is 9.80 Å². The summed E-state index contributed by atoms with van der Waals surface area (Å²) in [6.45, 7) is 0. The number of imide groups is 2. The number of phenols is 2. The van der Waals surface area contributed by atoms with E-state index < -0.39 is 23.7 Å². The van der Waals surface area contributed by atoms with Gasteiger partial charge in [0.15, 0.2) is 0 Å². The van der Waals surface area contributed by atoms with Crippen molar-refractivity contribution in [3.8, 4) is 11.5 Å². The summed E-state index contributed by atoms with van der Waals surface area (Å²) < 4.78 is 0. The third-order valence-electron chi connectivity index (χ3n) is 8.52. The van der Waals surface area contributed by atoms with E-state index in [0.29, 0.717) is 11.4 Å². The molecule has 34 heavy (non-hydrogen) atoms. The number of rotatable bonds is 2. The number of amides is 4. The Morgan fingerprint density at radius 3 is 1.32 bits per heavy atom. The van der Waals surface area contributed by atoms with Crippen molar-refractivity contribution in [3.05, 3.63) is 60.7 Å². The predicted molar refractivity (Wildman–Crippen MR) is 118 cm³/mol. The maximum Gasteiger partial charge on any atom is 0.238 e. The van der Waals surface area contributed by atoms with Gasteiger partial charge in [-0.1, -0.05) is 24.3 Å². The first-order valence-electron chi connectivity index (χ1n) is 11.4. The van der Waals surface area contributed by atoms with Crippen LogP contribution in [-0.4, -0.2) is 33.8 Å². The average Bonchev–Trinajstić information content (AvgIpc) is 3.17. The van der Waals surface area contributed by atoms with E-state index in [1.807, 2.05) is 12.2 Å². The molecule has 0 aromatic heterocycles. The largest absolute Gasteiger partial charge is 0.508 e. The molecule has 0 unspecified atom stereocenters. The summed E-state index contributed by atoms with van der Waals surface area (Å²) in [7, 11) is 0. The number of carbonyl (C=O) groups excluding carboxylic acids is 4. The third kappa shape index (κ3) is 2.18. The Morgan fingerprint density at radius 2 is 0.941 bits per heavy atom. The van der Waals surface area contributed by atoms with Crippen LogP contribution in [0.15, 0.2) is 60.7 Å². The lowest BCUT2D eigenvalue weighted by atomic mass is 9.40. The van der Waals surface area contributed by atoms with Crippen molar-refractivity contribution in [1.82, 2.24) is 0 Å². The highest BCUT2D eigenvalue weighted by Gasteiger charge is 2.75. The zero-order chi connectivity index (χ0) is 23.5. The summed E-state index contributed by atoms with van der Waals surface area (Å²) in [5.74, 6) is -4.50. The minimum atomic E-state index is -0.579. The topological polar surface area (TPSA) is 115 Å². The molecule has 8 rings (SSSR count). The molecule has 170 valence electrons. The maximum absolute atomic E-state index is 13.5. The van der Waals surface area contributed by atoms with Crippen molar-refractivity contribution < 1.29 is 29.4 Å². The number of hydrogen-bond donors (Lipinski definition) is 2. The first kappa shape index (κ1) is 19.5. The first-order valence-corrected chi connectivity index (χ1v) is 11.4. The molecule has 0 radical (unpaired) electrons. The summed E-state index contributed by atoms with van der Waals surface area (Å²) in [6.07, 6.45) is 3.91. The Balaban J connectivity index is 1.26. The van der Waals surface area contributed by atoms with Crippen LogP contribution in [0.2, 0.25) is 0 Å². The molecule has 2 bridgehead atoms. The van der Waals surface area contributed by atoms with Crippen molar-refractivity contribution in [2.45, 2.75) is 0 Å². The van der Waals surface area contributed by atoms with Gasteiger partial charge in [-0.3, -0.25) is 19.2 Å². The number of hydrogen-bond acceptors (Lipinski definition) is 6. The molecule has 8 atom stereocenters. The second-order valence-corrected chi connectivity index (χ2v) is 9.86. The van der Waals surface area contributed by atoms with E-state index in [2.05, 4.69) is 0 Å². The standard InChI is InChI=1S/C26H20N2O6/c29-13-5-1-3-11(9-13)27-23(31)19-15-7-8-16(20(19)24(27)32)18-17(15)21-22(18)26(34)28(25(21)33)12-4-2-6-14(30)10-12/h1-10,15-22,29-30H/t15-,16+,17-,18-,19+,20-,21-,22-/m1/s1. The van der Waals surface area contributed by atoms with Crippen molar-refractivity contribution in [3.63, 3.8) is 0 Å². The number of fused-ring (bicyclic) bond motifs is 1. The van der Waals surface area contributed by atoms with Crippen LogP contribution in [0.3, 0.4) is 0 Å². The first-order chi connectivity index (χ1) is 16.4. The van der Waals surface area contributed by atoms with Crippen molar-refractivity contribution in [1.29, 1.82) is 0 Å². The smallest absolute Gasteiger partial charge is 0.238 e. The number of allylic oxidation sites excluding steroid dienone is 2. The highest BCUT2D eigenvalue weighted by molar-refractivity contribution is 6.25.